The van der Waals surface area contributed by atoms with Crippen LogP contribution in [0.15, 0.2) is 46.1 Å². The summed E-state index contributed by atoms with van der Waals surface area (Å²) in [5.41, 5.74) is 7.56. The molecule has 1 fully saturated rings. The maximum Gasteiger partial charge on any atom is 0.179 e. The molecule has 1 heteroatoms. The third-order valence-corrected chi connectivity index (χ3v) is 5.68. The number of ketones is 1. The second kappa shape index (κ2) is 4.58. The van der Waals surface area contributed by atoms with Gasteiger partial charge in [0.15, 0.2) is 5.78 Å². The third kappa shape index (κ3) is 1.72. The number of allylic oxidation sites excluding steroid dienone is 8. The summed E-state index contributed by atoms with van der Waals surface area (Å²) in [5.74, 6) is 1.80. The van der Waals surface area contributed by atoms with Crippen LogP contribution in [0.1, 0.15) is 51.9 Å². The van der Waals surface area contributed by atoms with Gasteiger partial charge in [0.25, 0.3) is 0 Å². The molecule has 4 rings (SSSR count). The summed E-state index contributed by atoms with van der Waals surface area (Å²) in [6, 6.07) is 0. The zero-order valence-corrected chi connectivity index (χ0v) is 12.2. The van der Waals surface area contributed by atoms with Crippen LogP contribution < -0.4 is 0 Å². The normalized spacial score (nSPS) is 32.0. The van der Waals surface area contributed by atoms with Crippen molar-refractivity contribution in [3.8, 4) is 0 Å². The molecular weight excluding hydrogens is 244 g/mol. The number of hydrogen-bond acceptors (Lipinski definition) is 1. The Hall–Kier alpha value is -1.37. The highest BCUT2D eigenvalue weighted by atomic mass is 16.1. The zero-order chi connectivity index (χ0) is 13.7. The Bertz CT molecular complexity index is 597. The molecule has 0 aromatic rings. The van der Waals surface area contributed by atoms with Crippen LogP contribution in [0.25, 0.3) is 0 Å². The lowest BCUT2D eigenvalue weighted by atomic mass is 9.64. The molecule has 1 saturated carbocycles. The van der Waals surface area contributed by atoms with E-state index in [-0.39, 0.29) is 5.78 Å². The molecule has 0 radical (unpaired) electrons. The van der Waals surface area contributed by atoms with Crippen LogP contribution in [0.3, 0.4) is 0 Å². The van der Waals surface area contributed by atoms with Crippen LogP contribution in [0, 0.1) is 11.8 Å². The second-order valence-corrected chi connectivity index (χ2v) is 6.60. The summed E-state index contributed by atoms with van der Waals surface area (Å²) in [6.45, 7) is 2.18. The van der Waals surface area contributed by atoms with Crippen LogP contribution in [0.4, 0.5) is 0 Å². The maximum absolute atomic E-state index is 11.8. The molecule has 2 atom stereocenters. The van der Waals surface area contributed by atoms with Gasteiger partial charge in [-0.1, -0.05) is 24.1 Å². The molecule has 0 N–H and O–H groups in total. The Labute approximate surface area is 121 Å². The smallest absolute Gasteiger partial charge is 0.179 e. The molecule has 20 heavy (non-hydrogen) atoms. The lowest BCUT2D eigenvalue weighted by Crippen LogP contribution is -2.28. The van der Waals surface area contributed by atoms with Crippen LogP contribution in [0.2, 0.25) is 0 Å². The summed E-state index contributed by atoms with van der Waals surface area (Å²) in [4.78, 5) is 11.8. The summed E-state index contributed by atoms with van der Waals surface area (Å²) in [7, 11) is 0. The third-order valence-electron chi connectivity index (χ3n) is 5.68. The first-order valence-corrected chi connectivity index (χ1v) is 8.15. The fourth-order valence-corrected chi connectivity index (χ4v) is 4.86. The van der Waals surface area contributed by atoms with E-state index >= 15 is 0 Å². The molecule has 0 spiro atoms. The zero-order valence-electron chi connectivity index (χ0n) is 12.2. The van der Waals surface area contributed by atoms with Crippen molar-refractivity contribution < 1.29 is 4.79 Å². The molecule has 0 heterocycles. The van der Waals surface area contributed by atoms with Gasteiger partial charge in [-0.15, -0.1) is 0 Å². The average molecular weight is 266 g/mol. The van der Waals surface area contributed by atoms with Crippen molar-refractivity contribution >= 4 is 5.78 Å². The minimum absolute atomic E-state index is 0.205. The fourth-order valence-electron chi connectivity index (χ4n) is 4.86. The molecule has 1 nitrogen and oxygen atoms in total. The van der Waals surface area contributed by atoms with E-state index in [4.69, 9.17) is 0 Å². The van der Waals surface area contributed by atoms with Gasteiger partial charge in [0, 0.05) is 0 Å². The monoisotopic (exact) mass is 266 g/mol. The fraction of sp³-hybridized carbons (Fsp3) is 0.526. The van der Waals surface area contributed by atoms with Crippen molar-refractivity contribution in [1.29, 1.82) is 0 Å². The van der Waals surface area contributed by atoms with Crippen molar-refractivity contribution in [2.45, 2.75) is 51.9 Å². The highest BCUT2D eigenvalue weighted by Gasteiger charge is 2.39. The number of carbonyl (C=O) groups is 1. The van der Waals surface area contributed by atoms with Gasteiger partial charge in [-0.25, -0.2) is 0 Å². The van der Waals surface area contributed by atoms with Crippen molar-refractivity contribution in [1.82, 2.24) is 0 Å². The molecule has 4 aliphatic rings. The lowest BCUT2D eigenvalue weighted by molar-refractivity contribution is -0.110. The van der Waals surface area contributed by atoms with Gasteiger partial charge in [0.2, 0.25) is 0 Å². The Balaban J connectivity index is 1.82. The van der Waals surface area contributed by atoms with E-state index in [0.29, 0.717) is 0 Å². The van der Waals surface area contributed by atoms with Crippen molar-refractivity contribution in [2.75, 3.05) is 0 Å². The first kappa shape index (κ1) is 12.4. The highest BCUT2D eigenvalue weighted by Crippen LogP contribution is 2.52. The van der Waals surface area contributed by atoms with Gasteiger partial charge in [-0.2, -0.15) is 0 Å². The van der Waals surface area contributed by atoms with Crippen LogP contribution in [-0.4, -0.2) is 5.78 Å². The number of fused-ring (bicyclic) bond motifs is 4. The van der Waals surface area contributed by atoms with Crippen LogP contribution in [0.5, 0.6) is 0 Å². The van der Waals surface area contributed by atoms with E-state index < -0.39 is 0 Å². The van der Waals surface area contributed by atoms with Gasteiger partial charge in [-0.3, -0.25) is 4.79 Å². The van der Waals surface area contributed by atoms with Gasteiger partial charge >= 0.3 is 0 Å². The molecule has 0 bridgehead atoms. The molecule has 0 aromatic heterocycles. The number of carbonyl (C=O) groups excluding carboxylic acids is 1. The standard InChI is InChI=1S/C19H22O/c1-2-12-10-15(20)11-14-7-8-17-16-5-3-4-13(16)6-9-18(17)19(12)14/h4,10-11,16-17H,2-3,5-9H2,1H3. The van der Waals surface area contributed by atoms with E-state index in [1.165, 1.54) is 48.8 Å². The van der Waals surface area contributed by atoms with Crippen molar-refractivity contribution in [2.24, 2.45) is 11.8 Å². The number of rotatable bonds is 1. The average Bonchev–Trinajstić information content (AvgIpc) is 2.94. The molecular formula is C19H22O. The van der Waals surface area contributed by atoms with Gasteiger partial charge in [-0.05, 0) is 85.7 Å². The summed E-state index contributed by atoms with van der Waals surface area (Å²) in [6.07, 6.45) is 14.8. The Morgan fingerprint density at radius 1 is 1.10 bits per heavy atom. The van der Waals surface area contributed by atoms with E-state index in [0.717, 1.165) is 24.7 Å². The Morgan fingerprint density at radius 2 is 2.00 bits per heavy atom. The van der Waals surface area contributed by atoms with E-state index in [1.54, 1.807) is 11.1 Å². The van der Waals surface area contributed by atoms with Crippen molar-refractivity contribution in [3.63, 3.8) is 0 Å². The molecule has 0 saturated heterocycles. The highest BCUT2D eigenvalue weighted by molar-refractivity contribution is 6.03. The Morgan fingerprint density at radius 3 is 2.85 bits per heavy atom. The van der Waals surface area contributed by atoms with E-state index in [2.05, 4.69) is 13.0 Å². The predicted molar refractivity (Wildman–Crippen MR) is 81.3 cm³/mol. The number of hydrogen-bond donors (Lipinski definition) is 0. The topological polar surface area (TPSA) is 17.1 Å². The predicted octanol–water partition coefficient (Wildman–Crippen LogP) is 4.67. The van der Waals surface area contributed by atoms with Crippen LogP contribution >= 0.6 is 0 Å². The molecule has 2 unspecified atom stereocenters. The van der Waals surface area contributed by atoms with Gasteiger partial charge in [0.05, 0.1) is 0 Å². The van der Waals surface area contributed by atoms with E-state index in [1.807, 2.05) is 12.2 Å². The second-order valence-electron chi connectivity index (χ2n) is 6.60. The summed E-state index contributed by atoms with van der Waals surface area (Å²) < 4.78 is 0. The van der Waals surface area contributed by atoms with Crippen LogP contribution in [-0.2, 0) is 4.79 Å². The van der Waals surface area contributed by atoms with Crippen molar-refractivity contribution in [3.05, 3.63) is 46.1 Å². The summed E-state index contributed by atoms with van der Waals surface area (Å²) in [5, 5.41) is 0. The molecule has 4 aliphatic carbocycles. The lowest BCUT2D eigenvalue weighted by Gasteiger charge is -2.40. The maximum atomic E-state index is 11.8. The molecule has 104 valence electrons. The SMILES string of the molecule is CCC1=CC(=O)C=C2CCC3C(=C12)CCC1=CCCC13. The summed E-state index contributed by atoms with van der Waals surface area (Å²) >= 11 is 0. The minimum Gasteiger partial charge on any atom is -0.290 e. The first-order chi connectivity index (χ1) is 9.78. The molecule has 0 aromatic carbocycles. The first-order valence-electron chi connectivity index (χ1n) is 8.15. The minimum atomic E-state index is 0.205. The van der Waals surface area contributed by atoms with E-state index in [9.17, 15) is 4.79 Å². The quantitative estimate of drug-likeness (QED) is 0.630. The Kier molecular flexibility index (Phi) is 2.83. The largest absolute Gasteiger partial charge is 0.290 e. The van der Waals surface area contributed by atoms with Gasteiger partial charge in [0.1, 0.15) is 0 Å². The molecule has 0 amide bonds. The molecule has 0 aliphatic heterocycles. The van der Waals surface area contributed by atoms with Gasteiger partial charge < -0.3 is 0 Å².